The van der Waals surface area contributed by atoms with Crippen LogP contribution in [0.25, 0.3) is 0 Å². The molecule has 3 atom stereocenters. The number of nitrogens with zero attached hydrogens (tertiary/aromatic N) is 1. The highest BCUT2D eigenvalue weighted by Crippen LogP contribution is 2.27. The van der Waals surface area contributed by atoms with Crippen molar-refractivity contribution >= 4 is 18.3 Å². The minimum Gasteiger partial charge on any atom is -0.363 e. The minimum atomic E-state index is -0.210. The van der Waals surface area contributed by atoms with E-state index in [4.69, 9.17) is 4.74 Å². The molecule has 1 N–H and O–H groups in total. The normalized spacial score (nSPS) is 34.9. The molecule has 0 aliphatic carbocycles. The largest absolute Gasteiger partial charge is 0.363 e. The Hall–Kier alpha value is -0.320. The van der Waals surface area contributed by atoms with E-state index in [0.29, 0.717) is 6.04 Å². The van der Waals surface area contributed by atoms with E-state index in [1.807, 2.05) is 0 Å². The van der Waals surface area contributed by atoms with Crippen molar-refractivity contribution in [1.82, 2.24) is 10.2 Å². The van der Waals surface area contributed by atoms with Gasteiger partial charge in [0.1, 0.15) is 6.10 Å². The van der Waals surface area contributed by atoms with Gasteiger partial charge in [-0.25, -0.2) is 0 Å². The molecule has 0 bridgehead atoms. The first kappa shape index (κ1) is 11.8. The number of amides is 1. The molecular formula is C9H17ClN2O2. The fourth-order valence-corrected chi connectivity index (χ4v) is 2.09. The van der Waals surface area contributed by atoms with Gasteiger partial charge in [-0.1, -0.05) is 0 Å². The molecule has 2 rings (SSSR count). The van der Waals surface area contributed by atoms with Gasteiger partial charge in [0, 0.05) is 26.6 Å². The van der Waals surface area contributed by atoms with E-state index in [0.717, 1.165) is 19.4 Å². The minimum absolute atomic E-state index is 0. The van der Waals surface area contributed by atoms with Gasteiger partial charge >= 0.3 is 0 Å². The number of carbonyl (C=O) groups excluding carboxylic acids is 1. The highest BCUT2D eigenvalue weighted by Gasteiger charge is 2.41. The second-order valence-electron chi connectivity index (χ2n) is 3.98. The van der Waals surface area contributed by atoms with Gasteiger partial charge in [-0.15, -0.1) is 12.4 Å². The molecule has 0 aromatic carbocycles. The van der Waals surface area contributed by atoms with E-state index in [9.17, 15) is 4.79 Å². The molecule has 2 aliphatic heterocycles. The van der Waals surface area contributed by atoms with Crippen LogP contribution in [0.5, 0.6) is 0 Å². The Morgan fingerprint density at radius 3 is 2.79 bits per heavy atom. The standard InChI is InChI=1S/C9H16N2O2.ClH/c1-11(2)9(12)8-5-6-7(13-8)3-4-10-6;/h6-8,10H,3-5H2,1-2H3;1H/t6-,7-,8+;/m1./s1. The first-order valence-electron chi connectivity index (χ1n) is 4.78. The molecule has 2 heterocycles. The van der Waals surface area contributed by atoms with Crippen LogP contribution in [0.4, 0.5) is 0 Å². The summed E-state index contributed by atoms with van der Waals surface area (Å²) in [7, 11) is 3.54. The summed E-state index contributed by atoms with van der Waals surface area (Å²) in [5, 5.41) is 3.35. The van der Waals surface area contributed by atoms with Crippen molar-refractivity contribution in [3.63, 3.8) is 0 Å². The van der Waals surface area contributed by atoms with Crippen LogP contribution in [0.15, 0.2) is 0 Å². The van der Waals surface area contributed by atoms with Crippen molar-refractivity contribution in [3.8, 4) is 0 Å². The first-order chi connectivity index (χ1) is 6.18. The van der Waals surface area contributed by atoms with Crippen molar-refractivity contribution in [2.45, 2.75) is 31.1 Å². The summed E-state index contributed by atoms with van der Waals surface area (Å²) in [5.41, 5.74) is 0. The second kappa shape index (κ2) is 4.47. The zero-order valence-corrected chi connectivity index (χ0v) is 9.34. The first-order valence-corrected chi connectivity index (χ1v) is 4.78. The number of fused-ring (bicyclic) bond motifs is 1. The van der Waals surface area contributed by atoms with E-state index < -0.39 is 0 Å². The number of hydrogen-bond donors (Lipinski definition) is 1. The molecule has 0 spiro atoms. The maximum Gasteiger partial charge on any atom is 0.251 e. The molecule has 2 fully saturated rings. The highest BCUT2D eigenvalue weighted by atomic mass is 35.5. The monoisotopic (exact) mass is 220 g/mol. The fraction of sp³-hybridized carbons (Fsp3) is 0.889. The van der Waals surface area contributed by atoms with E-state index >= 15 is 0 Å². The lowest BCUT2D eigenvalue weighted by Crippen LogP contribution is -2.34. The van der Waals surface area contributed by atoms with E-state index in [1.165, 1.54) is 0 Å². The van der Waals surface area contributed by atoms with Gasteiger partial charge in [-0.3, -0.25) is 4.79 Å². The summed E-state index contributed by atoms with van der Waals surface area (Å²) in [6.45, 7) is 1.03. The van der Waals surface area contributed by atoms with Crippen molar-refractivity contribution in [3.05, 3.63) is 0 Å². The molecule has 0 aromatic rings. The Bertz CT molecular complexity index is 211. The summed E-state index contributed by atoms with van der Waals surface area (Å²) in [6.07, 6.45) is 1.94. The van der Waals surface area contributed by atoms with Crippen molar-refractivity contribution in [2.24, 2.45) is 0 Å². The predicted octanol–water partition coefficient (Wildman–Crippen LogP) is 0.0158. The lowest BCUT2D eigenvalue weighted by molar-refractivity contribution is -0.140. The van der Waals surface area contributed by atoms with Crippen LogP contribution in [-0.2, 0) is 9.53 Å². The lowest BCUT2D eigenvalue weighted by Gasteiger charge is -2.16. The summed E-state index contributed by atoms with van der Waals surface area (Å²) < 4.78 is 5.65. The molecule has 14 heavy (non-hydrogen) atoms. The smallest absolute Gasteiger partial charge is 0.251 e. The maximum atomic E-state index is 11.5. The topological polar surface area (TPSA) is 41.6 Å². The SMILES string of the molecule is CN(C)C(=O)[C@@H]1C[C@H]2NCC[C@H]2O1.Cl. The van der Waals surface area contributed by atoms with Crippen LogP contribution in [0.2, 0.25) is 0 Å². The van der Waals surface area contributed by atoms with Gasteiger partial charge in [-0.05, 0) is 13.0 Å². The summed E-state index contributed by atoms with van der Waals surface area (Å²) in [5.74, 6) is 0.0937. The average molecular weight is 221 g/mol. The average Bonchev–Trinajstić information content (AvgIpc) is 2.59. The van der Waals surface area contributed by atoms with Gasteiger partial charge in [0.15, 0.2) is 0 Å². The summed E-state index contributed by atoms with van der Waals surface area (Å²) in [6, 6.07) is 0.411. The Labute approximate surface area is 90.4 Å². The van der Waals surface area contributed by atoms with E-state index in [2.05, 4.69) is 5.32 Å². The van der Waals surface area contributed by atoms with Gasteiger partial charge in [0.05, 0.1) is 6.10 Å². The maximum absolute atomic E-state index is 11.5. The third-order valence-corrected chi connectivity index (χ3v) is 2.81. The Morgan fingerprint density at radius 1 is 1.50 bits per heavy atom. The molecule has 0 aromatic heterocycles. The number of likely N-dealkylation sites (N-methyl/N-ethyl adjacent to an activating group) is 1. The number of nitrogens with one attached hydrogen (secondary N) is 1. The Kier molecular flexibility index (Phi) is 3.75. The molecule has 0 radical (unpaired) electrons. The zero-order valence-electron chi connectivity index (χ0n) is 8.53. The van der Waals surface area contributed by atoms with Crippen LogP contribution < -0.4 is 5.32 Å². The van der Waals surface area contributed by atoms with Crippen molar-refractivity contribution in [2.75, 3.05) is 20.6 Å². The van der Waals surface area contributed by atoms with Crippen LogP contribution in [0.1, 0.15) is 12.8 Å². The van der Waals surface area contributed by atoms with Crippen molar-refractivity contribution in [1.29, 1.82) is 0 Å². The Morgan fingerprint density at radius 2 is 2.21 bits per heavy atom. The molecule has 5 heteroatoms. The summed E-state index contributed by atoms with van der Waals surface area (Å²) in [4.78, 5) is 13.2. The molecule has 82 valence electrons. The second-order valence-corrected chi connectivity index (χ2v) is 3.98. The number of rotatable bonds is 1. The van der Waals surface area contributed by atoms with Gasteiger partial charge < -0.3 is 15.0 Å². The van der Waals surface area contributed by atoms with Crippen LogP contribution in [-0.4, -0.2) is 49.7 Å². The predicted molar refractivity (Wildman–Crippen MR) is 55.6 cm³/mol. The van der Waals surface area contributed by atoms with E-state index in [1.54, 1.807) is 19.0 Å². The molecule has 2 saturated heterocycles. The lowest BCUT2D eigenvalue weighted by atomic mass is 10.1. The third kappa shape index (κ3) is 2.02. The molecule has 4 nitrogen and oxygen atoms in total. The molecule has 0 unspecified atom stereocenters. The molecule has 0 saturated carbocycles. The van der Waals surface area contributed by atoms with Crippen LogP contribution >= 0.6 is 12.4 Å². The molecular weight excluding hydrogens is 204 g/mol. The Balaban J connectivity index is 0.000000980. The zero-order chi connectivity index (χ0) is 9.42. The van der Waals surface area contributed by atoms with Gasteiger partial charge in [0.25, 0.3) is 5.91 Å². The van der Waals surface area contributed by atoms with E-state index in [-0.39, 0.29) is 30.5 Å². The van der Waals surface area contributed by atoms with Gasteiger partial charge in [-0.2, -0.15) is 0 Å². The highest BCUT2D eigenvalue weighted by molar-refractivity contribution is 5.85. The molecule has 2 aliphatic rings. The van der Waals surface area contributed by atoms with Gasteiger partial charge in [0.2, 0.25) is 0 Å². The number of halogens is 1. The number of ether oxygens (including phenoxy) is 1. The van der Waals surface area contributed by atoms with Crippen molar-refractivity contribution < 1.29 is 9.53 Å². The van der Waals surface area contributed by atoms with Crippen LogP contribution in [0, 0.1) is 0 Å². The summed E-state index contributed by atoms with van der Waals surface area (Å²) >= 11 is 0. The fourth-order valence-electron chi connectivity index (χ4n) is 2.09. The number of carbonyl (C=O) groups is 1. The van der Waals surface area contributed by atoms with Crippen LogP contribution in [0.3, 0.4) is 0 Å². The number of hydrogen-bond acceptors (Lipinski definition) is 3. The molecule has 1 amide bonds. The third-order valence-electron chi connectivity index (χ3n) is 2.81. The quantitative estimate of drug-likeness (QED) is 0.677.